The summed E-state index contributed by atoms with van der Waals surface area (Å²) in [6.07, 6.45) is 0. The number of nitrogens with one attached hydrogen (secondary N) is 1. The lowest BCUT2D eigenvalue weighted by molar-refractivity contribution is 0.208. The molecule has 1 fully saturated rings. The van der Waals surface area contributed by atoms with Crippen LogP contribution in [0.25, 0.3) is 10.2 Å². The minimum Gasteiger partial charge on any atom is -0.495 e. The molecule has 0 atom stereocenters. The second kappa shape index (κ2) is 7.85. The first-order valence-electron chi connectivity index (χ1n) is 9.06. The van der Waals surface area contributed by atoms with E-state index in [4.69, 9.17) is 21.3 Å². The van der Waals surface area contributed by atoms with Gasteiger partial charge in [0.25, 0.3) is 0 Å². The average Bonchev–Trinajstić information content (AvgIpc) is 3.18. The molecule has 6 nitrogen and oxygen atoms in total. The van der Waals surface area contributed by atoms with E-state index >= 15 is 0 Å². The first-order valence-corrected chi connectivity index (χ1v) is 10.3. The Morgan fingerprint density at radius 1 is 1.18 bits per heavy atom. The van der Waals surface area contributed by atoms with Crippen molar-refractivity contribution in [1.29, 1.82) is 0 Å². The Balaban J connectivity index is 1.43. The molecule has 0 spiro atoms. The van der Waals surface area contributed by atoms with Gasteiger partial charge in [0.05, 0.1) is 28.0 Å². The molecule has 1 aliphatic heterocycles. The van der Waals surface area contributed by atoms with Crippen LogP contribution in [0, 0.1) is 6.92 Å². The molecule has 4 rings (SSSR count). The average molecular weight is 417 g/mol. The highest BCUT2D eigenvalue weighted by molar-refractivity contribution is 7.22. The summed E-state index contributed by atoms with van der Waals surface area (Å²) < 4.78 is 6.32. The van der Waals surface area contributed by atoms with Gasteiger partial charge in [-0.25, -0.2) is 9.78 Å². The van der Waals surface area contributed by atoms with Crippen LogP contribution in [0.2, 0.25) is 5.02 Å². The smallest absolute Gasteiger partial charge is 0.322 e. The Hall–Kier alpha value is -2.51. The monoisotopic (exact) mass is 416 g/mol. The predicted octanol–water partition coefficient (Wildman–Crippen LogP) is 4.62. The largest absolute Gasteiger partial charge is 0.495 e. The third-order valence-corrected chi connectivity index (χ3v) is 6.45. The molecule has 8 heteroatoms. The van der Waals surface area contributed by atoms with Gasteiger partial charge in [-0.15, -0.1) is 0 Å². The molecule has 2 aromatic carbocycles. The number of aryl methyl sites for hydroxylation is 1. The number of piperazine rings is 1. The molecular weight excluding hydrogens is 396 g/mol. The summed E-state index contributed by atoms with van der Waals surface area (Å²) in [5, 5.41) is 4.63. The van der Waals surface area contributed by atoms with Crippen molar-refractivity contribution >= 4 is 50.0 Å². The summed E-state index contributed by atoms with van der Waals surface area (Å²) in [6, 6.07) is 11.2. The number of halogens is 1. The number of carbonyl (C=O) groups is 1. The van der Waals surface area contributed by atoms with E-state index in [2.05, 4.69) is 10.2 Å². The fourth-order valence-electron chi connectivity index (χ4n) is 3.27. The van der Waals surface area contributed by atoms with Crippen molar-refractivity contribution in [3.63, 3.8) is 0 Å². The number of methoxy groups -OCH3 is 1. The Morgan fingerprint density at radius 3 is 2.64 bits per heavy atom. The third kappa shape index (κ3) is 3.59. The summed E-state index contributed by atoms with van der Waals surface area (Å²) >= 11 is 7.94. The summed E-state index contributed by atoms with van der Waals surface area (Å²) in [6.45, 7) is 4.77. The summed E-state index contributed by atoms with van der Waals surface area (Å²) in [7, 11) is 1.59. The number of carbonyl (C=O) groups excluding carboxylic acids is 1. The van der Waals surface area contributed by atoms with Crippen molar-refractivity contribution < 1.29 is 9.53 Å². The highest BCUT2D eigenvalue weighted by atomic mass is 35.5. The van der Waals surface area contributed by atoms with Crippen LogP contribution < -0.4 is 15.0 Å². The number of benzene rings is 2. The van der Waals surface area contributed by atoms with E-state index in [0.717, 1.165) is 39.0 Å². The van der Waals surface area contributed by atoms with Crippen molar-refractivity contribution in [2.75, 3.05) is 43.5 Å². The molecule has 0 saturated carbocycles. The molecule has 1 aliphatic rings. The molecule has 0 unspecified atom stereocenters. The summed E-state index contributed by atoms with van der Waals surface area (Å²) in [5.74, 6) is 0.649. The van der Waals surface area contributed by atoms with Gasteiger partial charge < -0.3 is 19.9 Å². The number of fused-ring (bicyclic) bond motifs is 1. The second-order valence-corrected chi connectivity index (χ2v) is 8.03. The molecule has 146 valence electrons. The number of hydrogen-bond donors (Lipinski definition) is 1. The number of nitrogens with zero attached hydrogens (tertiary/aromatic N) is 3. The van der Waals surface area contributed by atoms with E-state index in [0.29, 0.717) is 24.5 Å². The maximum Gasteiger partial charge on any atom is 0.322 e. The van der Waals surface area contributed by atoms with E-state index < -0.39 is 0 Å². The van der Waals surface area contributed by atoms with Crippen molar-refractivity contribution in [3.8, 4) is 5.75 Å². The van der Waals surface area contributed by atoms with Crippen molar-refractivity contribution in [2.24, 2.45) is 0 Å². The molecular formula is C20H21ClN4O2S. The lowest BCUT2D eigenvalue weighted by Crippen LogP contribution is -2.50. The maximum atomic E-state index is 12.6. The van der Waals surface area contributed by atoms with Crippen molar-refractivity contribution in [3.05, 3.63) is 47.0 Å². The zero-order valence-corrected chi connectivity index (χ0v) is 17.3. The first-order chi connectivity index (χ1) is 13.6. The molecule has 0 radical (unpaired) electrons. The number of anilines is 2. The Labute approximate surface area is 172 Å². The molecule has 28 heavy (non-hydrogen) atoms. The zero-order chi connectivity index (χ0) is 19.7. The minimum absolute atomic E-state index is 0.118. The normalized spacial score (nSPS) is 14.4. The topological polar surface area (TPSA) is 57.7 Å². The molecule has 1 saturated heterocycles. The van der Waals surface area contributed by atoms with Gasteiger partial charge in [-0.05, 0) is 30.7 Å². The van der Waals surface area contributed by atoms with Crippen LogP contribution in [0.15, 0.2) is 36.4 Å². The number of urea groups is 1. The Morgan fingerprint density at radius 2 is 1.93 bits per heavy atom. The van der Waals surface area contributed by atoms with E-state index in [1.54, 1.807) is 18.4 Å². The minimum atomic E-state index is -0.118. The lowest BCUT2D eigenvalue weighted by atomic mass is 10.2. The number of para-hydroxylation sites is 2. The van der Waals surface area contributed by atoms with Gasteiger partial charge in [0.15, 0.2) is 5.13 Å². The van der Waals surface area contributed by atoms with Gasteiger partial charge in [0.2, 0.25) is 0 Å². The number of rotatable bonds is 3. The van der Waals surface area contributed by atoms with Gasteiger partial charge in [-0.3, -0.25) is 0 Å². The van der Waals surface area contributed by atoms with Crippen LogP contribution in [0.3, 0.4) is 0 Å². The van der Waals surface area contributed by atoms with Crippen molar-refractivity contribution in [2.45, 2.75) is 6.92 Å². The van der Waals surface area contributed by atoms with Gasteiger partial charge in [-0.1, -0.05) is 41.1 Å². The van der Waals surface area contributed by atoms with Gasteiger partial charge >= 0.3 is 6.03 Å². The molecule has 0 aliphatic carbocycles. The molecule has 2 heterocycles. The predicted molar refractivity (Wildman–Crippen MR) is 115 cm³/mol. The van der Waals surface area contributed by atoms with Crippen LogP contribution in [0.4, 0.5) is 15.6 Å². The quantitative estimate of drug-likeness (QED) is 0.676. The number of aromatic nitrogens is 1. The van der Waals surface area contributed by atoms with Crippen LogP contribution >= 0.6 is 22.9 Å². The van der Waals surface area contributed by atoms with Gasteiger partial charge in [-0.2, -0.15) is 0 Å². The molecule has 1 N–H and O–H groups in total. The standard InChI is InChI=1S/C20H21ClN4O2S/c1-13-7-8-14(21)18-17(13)23-20(28-18)25-11-9-24(10-12-25)19(26)22-15-5-3-4-6-16(15)27-2/h3-8H,9-12H2,1-2H3,(H,22,26). The van der Waals surface area contributed by atoms with Gasteiger partial charge in [0, 0.05) is 26.2 Å². The van der Waals surface area contributed by atoms with E-state index in [9.17, 15) is 4.79 Å². The highest BCUT2D eigenvalue weighted by Gasteiger charge is 2.24. The number of ether oxygens (including phenoxy) is 1. The number of thiazole rings is 1. The zero-order valence-electron chi connectivity index (χ0n) is 15.7. The van der Waals surface area contributed by atoms with E-state index in [-0.39, 0.29) is 6.03 Å². The molecule has 0 bridgehead atoms. The van der Waals surface area contributed by atoms with Crippen LogP contribution in [-0.2, 0) is 0 Å². The van der Waals surface area contributed by atoms with Crippen molar-refractivity contribution in [1.82, 2.24) is 9.88 Å². The highest BCUT2D eigenvalue weighted by Crippen LogP contribution is 2.35. The van der Waals surface area contributed by atoms with Crippen LogP contribution in [0.1, 0.15) is 5.56 Å². The number of hydrogen-bond acceptors (Lipinski definition) is 5. The van der Waals surface area contributed by atoms with E-state index in [1.165, 1.54) is 0 Å². The fraction of sp³-hybridized carbons (Fsp3) is 0.300. The third-order valence-electron chi connectivity index (χ3n) is 4.87. The van der Waals surface area contributed by atoms with Crippen LogP contribution in [-0.4, -0.2) is 49.2 Å². The first kappa shape index (κ1) is 18.8. The molecule has 2 amide bonds. The maximum absolute atomic E-state index is 12.6. The van der Waals surface area contributed by atoms with Gasteiger partial charge in [0.1, 0.15) is 5.75 Å². The van der Waals surface area contributed by atoms with Crippen LogP contribution in [0.5, 0.6) is 5.75 Å². The lowest BCUT2D eigenvalue weighted by Gasteiger charge is -2.34. The second-order valence-electron chi connectivity index (χ2n) is 6.64. The Bertz CT molecular complexity index is 976. The summed E-state index contributed by atoms with van der Waals surface area (Å²) in [4.78, 5) is 21.4. The SMILES string of the molecule is COc1ccccc1NC(=O)N1CCN(c2nc3c(C)ccc(Cl)c3s2)CC1. The van der Waals surface area contributed by atoms with E-state index in [1.807, 2.05) is 48.2 Å². The molecule has 1 aromatic heterocycles. The Kier molecular flexibility index (Phi) is 5.28. The number of amides is 2. The molecule has 3 aromatic rings. The summed E-state index contributed by atoms with van der Waals surface area (Å²) in [5.41, 5.74) is 2.76. The fourth-order valence-corrected chi connectivity index (χ4v) is 4.64.